The summed E-state index contributed by atoms with van der Waals surface area (Å²) < 4.78 is 0. The minimum atomic E-state index is -0.262. The van der Waals surface area contributed by atoms with Crippen LogP contribution in [0.2, 0.25) is 0 Å². The second-order valence-electron chi connectivity index (χ2n) is 3.89. The number of aromatic nitrogens is 1. The number of H-pyrrole nitrogens is 1. The minimum Gasteiger partial charge on any atom is -0.351 e. The van der Waals surface area contributed by atoms with E-state index in [1.54, 1.807) is 0 Å². The number of aromatic amines is 1. The van der Waals surface area contributed by atoms with Crippen molar-refractivity contribution in [3.05, 3.63) is 33.2 Å². The fourth-order valence-corrected chi connectivity index (χ4v) is 2.03. The molecule has 1 heterocycles. The number of fused-ring (bicyclic) bond motifs is 1. The molecule has 2 N–H and O–H groups in total. The van der Waals surface area contributed by atoms with Gasteiger partial charge in [0.25, 0.3) is 5.56 Å². The van der Waals surface area contributed by atoms with Gasteiger partial charge in [0.05, 0.1) is 0 Å². The summed E-state index contributed by atoms with van der Waals surface area (Å²) in [4.78, 5) is 25.5. The fraction of sp³-hybridized carbons (Fsp3) is 0.455. The molecule has 1 aliphatic rings. The van der Waals surface area contributed by atoms with E-state index in [0.717, 1.165) is 25.0 Å². The molecule has 86 valence electrons. The fourth-order valence-electron chi connectivity index (χ4n) is 1.93. The lowest BCUT2D eigenvalue weighted by molar-refractivity contribution is -0.118. The number of pyridine rings is 1. The Kier molecular flexibility index (Phi) is 3.29. The number of aryl methyl sites for hydroxylation is 2. The molecule has 0 saturated carbocycles. The van der Waals surface area contributed by atoms with E-state index in [2.05, 4.69) is 10.3 Å². The highest BCUT2D eigenvalue weighted by molar-refractivity contribution is 6.27. The van der Waals surface area contributed by atoms with E-state index < -0.39 is 0 Å². The number of alkyl halides is 1. The Morgan fingerprint density at radius 3 is 3.06 bits per heavy atom. The Morgan fingerprint density at radius 2 is 2.31 bits per heavy atom. The zero-order valence-corrected chi connectivity index (χ0v) is 9.56. The maximum atomic E-state index is 11.6. The summed E-state index contributed by atoms with van der Waals surface area (Å²) in [5, 5.41) is 2.59. The molecule has 0 atom stereocenters. The van der Waals surface area contributed by atoms with Crippen LogP contribution in [0.3, 0.4) is 0 Å². The molecule has 16 heavy (non-hydrogen) atoms. The van der Waals surface area contributed by atoms with Crippen LogP contribution in [0.4, 0.5) is 0 Å². The predicted molar refractivity (Wildman–Crippen MR) is 61.7 cm³/mol. The van der Waals surface area contributed by atoms with E-state index in [-0.39, 0.29) is 23.9 Å². The molecule has 0 bridgehead atoms. The van der Waals surface area contributed by atoms with Gasteiger partial charge < -0.3 is 10.3 Å². The average molecular weight is 241 g/mol. The number of rotatable bonds is 3. The van der Waals surface area contributed by atoms with Crippen LogP contribution in [-0.4, -0.2) is 16.8 Å². The number of amides is 1. The standard InChI is InChI=1S/C11H13ClN2O2/c12-5-10(15)13-6-8-4-7-2-1-3-9(7)14-11(8)16/h4H,1-3,5-6H2,(H,13,15)(H,14,16). The number of nitrogens with one attached hydrogen (secondary N) is 2. The van der Waals surface area contributed by atoms with Crippen LogP contribution in [0.1, 0.15) is 23.2 Å². The van der Waals surface area contributed by atoms with Crippen molar-refractivity contribution in [2.75, 3.05) is 5.88 Å². The summed E-state index contributed by atoms with van der Waals surface area (Å²) in [6.45, 7) is 0.244. The van der Waals surface area contributed by atoms with Gasteiger partial charge in [-0.25, -0.2) is 0 Å². The highest BCUT2D eigenvalue weighted by Gasteiger charge is 2.14. The quantitative estimate of drug-likeness (QED) is 0.765. The summed E-state index contributed by atoms with van der Waals surface area (Å²) in [6, 6.07) is 1.88. The van der Waals surface area contributed by atoms with Crippen molar-refractivity contribution in [2.24, 2.45) is 0 Å². The van der Waals surface area contributed by atoms with Gasteiger partial charge >= 0.3 is 0 Å². The summed E-state index contributed by atoms with van der Waals surface area (Å²) >= 11 is 5.35. The SMILES string of the molecule is O=C(CCl)NCc1cc2c([nH]c1=O)CCC2. The molecule has 0 aliphatic heterocycles. The van der Waals surface area contributed by atoms with Crippen molar-refractivity contribution in [2.45, 2.75) is 25.8 Å². The van der Waals surface area contributed by atoms with Gasteiger partial charge in [-0.1, -0.05) is 0 Å². The van der Waals surface area contributed by atoms with Crippen molar-refractivity contribution in [3.8, 4) is 0 Å². The van der Waals surface area contributed by atoms with Crippen LogP contribution >= 0.6 is 11.6 Å². The molecule has 0 spiro atoms. The van der Waals surface area contributed by atoms with Crippen LogP contribution in [-0.2, 0) is 24.2 Å². The van der Waals surface area contributed by atoms with Crippen molar-refractivity contribution >= 4 is 17.5 Å². The number of halogens is 1. The van der Waals surface area contributed by atoms with Crippen LogP contribution in [0.25, 0.3) is 0 Å². The van der Waals surface area contributed by atoms with Crippen LogP contribution in [0.5, 0.6) is 0 Å². The minimum absolute atomic E-state index is 0.0805. The van der Waals surface area contributed by atoms with E-state index >= 15 is 0 Å². The van der Waals surface area contributed by atoms with Gasteiger partial charge in [0.1, 0.15) is 5.88 Å². The molecule has 0 unspecified atom stereocenters. The number of hydrogen-bond donors (Lipinski definition) is 2. The highest BCUT2D eigenvalue weighted by atomic mass is 35.5. The van der Waals surface area contributed by atoms with E-state index in [0.29, 0.717) is 5.56 Å². The zero-order chi connectivity index (χ0) is 11.5. The second-order valence-corrected chi connectivity index (χ2v) is 4.16. The predicted octanol–water partition coefficient (Wildman–Crippen LogP) is 0.719. The smallest absolute Gasteiger partial charge is 0.253 e. The number of hydrogen-bond acceptors (Lipinski definition) is 2. The monoisotopic (exact) mass is 240 g/mol. The molecule has 1 aliphatic carbocycles. The highest BCUT2D eigenvalue weighted by Crippen LogP contribution is 2.18. The molecule has 1 amide bonds. The molecule has 0 fully saturated rings. The number of carbonyl (C=O) groups is 1. The molecule has 0 aromatic carbocycles. The molecule has 1 aromatic rings. The maximum absolute atomic E-state index is 11.6. The molecule has 2 rings (SSSR count). The maximum Gasteiger partial charge on any atom is 0.253 e. The van der Waals surface area contributed by atoms with Gasteiger partial charge in [-0.05, 0) is 30.9 Å². The van der Waals surface area contributed by atoms with Gasteiger partial charge in [-0.3, -0.25) is 9.59 Å². The molecular formula is C11H13ClN2O2. The topological polar surface area (TPSA) is 62.0 Å². The van der Waals surface area contributed by atoms with Gasteiger partial charge in [-0.2, -0.15) is 0 Å². The molecule has 5 heteroatoms. The molecule has 1 aromatic heterocycles. The second kappa shape index (κ2) is 4.70. The Balaban J connectivity index is 2.16. The third-order valence-electron chi connectivity index (χ3n) is 2.76. The van der Waals surface area contributed by atoms with Crippen LogP contribution in [0.15, 0.2) is 10.9 Å². The lowest BCUT2D eigenvalue weighted by atomic mass is 10.1. The van der Waals surface area contributed by atoms with Crippen LogP contribution in [0, 0.1) is 0 Å². The molecule has 0 saturated heterocycles. The van der Waals surface area contributed by atoms with Crippen molar-refractivity contribution in [3.63, 3.8) is 0 Å². The summed E-state index contributed by atoms with van der Waals surface area (Å²) in [5.41, 5.74) is 2.71. The Morgan fingerprint density at radius 1 is 1.50 bits per heavy atom. The third kappa shape index (κ3) is 2.27. The van der Waals surface area contributed by atoms with Crippen molar-refractivity contribution in [1.29, 1.82) is 0 Å². The van der Waals surface area contributed by atoms with Crippen molar-refractivity contribution in [1.82, 2.24) is 10.3 Å². The first kappa shape index (κ1) is 11.2. The summed E-state index contributed by atoms with van der Waals surface area (Å²) in [7, 11) is 0. The van der Waals surface area contributed by atoms with Crippen LogP contribution < -0.4 is 10.9 Å². The molecule has 0 radical (unpaired) electrons. The van der Waals surface area contributed by atoms with Gasteiger partial charge in [0, 0.05) is 17.8 Å². The summed E-state index contributed by atoms with van der Waals surface area (Å²) in [6.07, 6.45) is 3.03. The lowest BCUT2D eigenvalue weighted by Crippen LogP contribution is -2.27. The van der Waals surface area contributed by atoms with Gasteiger partial charge in [0.2, 0.25) is 5.91 Å². The first-order valence-electron chi connectivity index (χ1n) is 5.27. The van der Waals surface area contributed by atoms with E-state index in [4.69, 9.17) is 11.6 Å². The van der Waals surface area contributed by atoms with Gasteiger partial charge in [0.15, 0.2) is 0 Å². The molecular weight excluding hydrogens is 228 g/mol. The van der Waals surface area contributed by atoms with Crippen molar-refractivity contribution < 1.29 is 4.79 Å². The normalized spacial score (nSPS) is 13.6. The van der Waals surface area contributed by atoms with E-state index in [1.165, 1.54) is 5.56 Å². The largest absolute Gasteiger partial charge is 0.351 e. The Labute approximate surface area is 98.0 Å². The average Bonchev–Trinajstić information content (AvgIpc) is 2.72. The van der Waals surface area contributed by atoms with E-state index in [9.17, 15) is 9.59 Å². The third-order valence-corrected chi connectivity index (χ3v) is 3.01. The van der Waals surface area contributed by atoms with E-state index in [1.807, 2.05) is 6.07 Å². The summed E-state index contributed by atoms with van der Waals surface area (Å²) in [5.74, 6) is -0.343. The Hall–Kier alpha value is -1.29. The molecule has 4 nitrogen and oxygen atoms in total. The zero-order valence-electron chi connectivity index (χ0n) is 8.81. The first-order chi connectivity index (χ1) is 7.70. The first-order valence-corrected chi connectivity index (χ1v) is 5.81. The van der Waals surface area contributed by atoms with Gasteiger partial charge in [-0.15, -0.1) is 11.6 Å². The lowest BCUT2D eigenvalue weighted by Gasteiger charge is -2.05. The Bertz CT molecular complexity index is 468. The number of carbonyl (C=O) groups excluding carboxylic acids is 1.